The van der Waals surface area contributed by atoms with E-state index in [2.05, 4.69) is 5.32 Å². The molecule has 0 bridgehead atoms. The van der Waals surface area contributed by atoms with Crippen LogP contribution >= 0.6 is 11.8 Å². The molecule has 17 heavy (non-hydrogen) atoms. The van der Waals surface area contributed by atoms with Crippen LogP contribution in [0.25, 0.3) is 0 Å². The van der Waals surface area contributed by atoms with E-state index in [1.54, 1.807) is 0 Å². The van der Waals surface area contributed by atoms with Crippen LogP contribution < -0.4 is 5.32 Å². The molecule has 0 aromatic rings. The lowest BCUT2D eigenvalue weighted by Gasteiger charge is -2.39. The van der Waals surface area contributed by atoms with Crippen molar-refractivity contribution < 1.29 is 19.4 Å². The molecule has 0 saturated carbocycles. The van der Waals surface area contributed by atoms with E-state index in [9.17, 15) is 9.59 Å². The Bertz CT molecular complexity index is 332. The minimum atomic E-state index is -0.945. The zero-order valence-electron chi connectivity index (χ0n) is 9.64. The fourth-order valence-corrected chi connectivity index (χ4v) is 2.96. The Morgan fingerprint density at radius 2 is 2.29 bits per heavy atom. The molecule has 2 aliphatic rings. The van der Waals surface area contributed by atoms with E-state index in [0.29, 0.717) is 11.6 Å². The van der Waals surface area contributed by atoms with Crippen LogP contribution in [0, 0.1) is 0 Å². The number of hydrogen-bond donors (Lipinski definition) is 2. The van der Waals surface area contributed by atoms with Gasteiger partial charge < -0.3 is 20.1 Å². The number of carbonyl (C=O) groups is 2. The minimum Gasteiger partial charge on any atom is -0.480 e. The summed E-state index contributed by atoms with van der Waals surface area (Å²) in [5.41, 5.74) is -0.277. The SMILES string of the molecule is CC1(OCC(=O)N2CSCC2C(=O)O)CNC1. The summed E-state index contributed by atoms with van der Waals surface area (Å²) in [6.45, 7) is 3.36. The number of hydrogen-bond acceptors (Lipinski definition) is 5. The van der Waals surface area contributed by atoms with Crippen molar-refractivity contribution in [1.82, 2.24) is 10.2 Å². The van der Waals surface area contributed by atoms with Gasteiger partial charge in [-0.15, -0.1) is 11.8 Å². The molecule has 0 aromatic carbocycles. The van der Waals surface area contributed by atoms with Crippen molar-refractivity contribution in [3.8, 4) is 0 Å². The smallest absolute Gasteiger partial charge is 0.327 e. The van der Waals surface area contributed by atoms with Gasteiger partial charge in [0.15, 0.2) is 0 Å². The van der Waals surface area contributed by atoms with Gasteiger partial charge in [-0.3, -0.25) is 4.79 Å². The third kappa shape index (κ3) is 2.72. The number of nitrogens with one attached hydrogen (secondary N) is 1. The second kappa shape index (κ2) is 4.83. The highest BCUT2D eigenvalue weighted by Crippen LogP contribution is 2.22. The van der Waals surface area contributed by atoms with Gasteiger partial charge in [-0.1, -0.05) is 0 Å². The molecule has 2 rings (SSSR count). The van der Waals surface area contributed by atoms with Crippen LogP contribution in [0.5, 0.6) is 0 Å². The Labute approximate surface area is 104 Å². The molecule has 6 nitrogen and oxygen atoms in total. The first kappa shape index (κ1) is 12.7. The third-order valence-electron chi connectivity index (χ3n) is 3.03. The monoisotopic (exact) mass is 260 g/mol. The molecule has 2 N–H and O–H groups in total. The van der Waals surface area contributed by atoms with Gasteiger partial charge in [0, 0.05) is 18.8 Å². The predicted octanol–water partition coefficient (Wildman–Crippen LogP) is -0.649. The van der Waals surface area contributed by atoms with Gasteiger partial charge >= 0.3 is 5.97 Å². The van der Waals surface area contributed by atoms with E-state index in [0.717, 1.165) is 13.1 Å². The summed E-state index contributed by atoms with van der Waals surface area (Å²) in [5.74, 6) is -0.288. The predicted molar refractivity (Wildman–Crippen MR) is 62.8 cm³/mol. The van der Waals surface area contributed by atoms with Crippen molar-refractivity contribution in [2.24, 2.45) is 0 Å². The van der Waals surface area contributed by atoms with Gasteiger partial charge in [-0.05, 0) is 6.92 Å². The number of carboxylic acid groups (broad SMARTS) is 1. The average molecular weight is 260 g/mol. The van der Waals surface area contributed by atoms with Crippen LogP contribution in [0.3, 0.4) is 0 Å². The molecule has 2 fully saturated rings. The van der Waals surface area contributed by atoms with Crippen LogP contribution in [0.2, 0.25) is 0 Å². The zero-order valence-corrected chi connectivity index (χ0v) is 10.5. The third-order valence-corrected chi connectivity index (χ3v) is 4.04. The molecular formula is C10H16N2O4S. The quantitative estimate of drug-likeness (QED) is 0.699. The van der Waals surface area contributed by atoms with Crippen LogP contribution in [0.1, 0.15) is 6.92 Å². The number of carbonyl (C=O) groups excluding carboxylic acids is 1. The number of amides is 1. The van der Waals surface area contributed by atoms with Crippen LogP contribution in [-0.2, 0) is 14.3 Å². The van der Waals surface area contributed by atoms with E-state index in [-0.39, 0.29) is 18.1 Å². The maximum absolute atomic E-state index is 11.9. The number of thioether (sulfide) groups is 1. The van der Waals surface area contributed by atoms with Crippen LogP contribution in [0.4, 0.5) is 0 Å². The van der Waals surface area contributed by atoms with Crippen molar-refractivity contribution in [2.45, 2.75) is 18.6 Å². The molecule has 96 valence electrons. The first-order valence-corrected chi connectivity index (χ1v) is 6.62. The summed E-state index contributed by atoms with van der Waals surface area (Å²) in [4.78, 5) is 24.2. The Morgan fingerprint density at radius 1 is 1.59 bits per heavy atom. The second-order valence-corrected chi connectivity index (χ2v) is 5.56. The summed E-state index contributed by atoms with van der Waals surface area (Å²) in [6.07, 6.45) is 0. The highest BCUT2D eigenvalue weighted by molar-refractivity contribution is 7.99. The molecule has 0 radical (unpaired) electrons. The summed E-state index contributed by atoms with van der Waals surface area (Å²) >= 11 is 1.46. The van der Waals surface area contributed by atoms with Crippen LogP contribution in [0.15, 0.2) is 0 Å². The highest BCUT2D eigenvalue weighted by atomic mass is 32.2. The number of ether oxygens (including phenoxy) is 1. The van der Waals surface area contributed by atoms with Crippen molar-refractivity contribution >= 4 is 23.6 Å². The van der Waals surface area contributed by atoms with Crippen molar-refractivity contribution in [3.05, 3.63) is 0 Å². The molecule has 7 heteroatoms. The molecule has 1 atom stereocenters. The second-order valence-electron chi connectivity index (χ2n) is 4.56. The summed E-state index contributed by atoms with van der Waals surface area (Å²) in [6, 6.07) is -0.705. The molecule has 2 aliphatic heterocycles. The molecule has 2 heterocycles. The van der Waals surface area contributed by atoms with Crippen molar-refractivity contribution in [1.29, 1.82) is 0 Å². The zero-order chi connectivity index (χ0) is 12.5. The van der Waals surface area contributed by atoms with Gasteiger partial charge in [-0.25, -0.2) is 4.79 Å². The van der Waals surface area contributed by atoms with E-state index < -0.39 is 12.0 Å². The number of aliphatic carboxylic acids is 1. The topological polar surface area (TPSA) is 78.9 Å². The van der Waals surface area contributed by atoms with Gasteiger partial charge in [0.05, 0.1) is 11.5 Å². The lowest BCUT2D eigenvalue weighted by molar-refractivity contribution is -0.154. The molecule has 1 amide bonds. The normalized spacial score (nSPS) is 26.6. The van der Waals surface area contributed by atoms with E-state index in [4.69, 9.17) is 9.84 Å². The van der Waals surface area contributed by atoms with E-state index >= 15 is 0 Å². The average Bonchev–Trinajstić information content (AvgIpc) is 2.72. The molecule has 0 aromatic heterocycles. The minimum absolute atomic E-state index is 0.0392. The first-order valence-electron chi connectivity index (χ1n) is 5.46. The Kier molecular flexibility index (Phi) is 3.60. The lowest BCUT2D eigenvalue weighted by atomic mass is 10.0. The van der Waals surface area contributed by atoms with Crippen molar-refractivity contribution in [3.63, 3.8) is 0 Å². The standard InChI is InChI=1S/C10H16N2O4S/c1-10(4-11-5-10)16-2-8(13)12-6-17-3-7(12)9(14)15/h7,11H,2-6H2,1H3,(H,14,15). The van der Waals surface area contributed by atoms with Gasteiger partial charge in [0.1, 0.15) is 12.6 Å². The highest BCUT2D eigenvalue weighted by Gasteiger charge is 2.37. The molecule has 1 unspecified atom stereocenters. The summed E-state index contributed by atoms with van der Waals surface area (Å²) in [5, 5.41) is 12.0. The largest absolute Gasteiger partial charge is 0.480 e. The molecule has 0 aliphatic carbocycles. The van der Waals surface area contributed by atoms with Gasteiger partial charge in [-0.2, -0.15) is 0 Å². The Morgan fingerprint density at radius 3 is 2.82 bits per heavy atom. The molecular weight excluding hydrogens is 244 g/mol. The van der Waals surface area contributed by atoms with Crippen molar-refractivity contribution in [2.75, 3.05) is 31.3 Å². The molecule has 2 saturated heterocycles. The lowest BCUT2D eigenvalue weighted by Crippen LogP contribution is -2.60. The fraction of sp³-hybridized carbons (Fsp3) is 0.800. The first-order chi connectivity index (χ1) is 8.02. The van der Waals surface area contributed by atoms with Gasteiger partial charge in [0.25, 0.3) is 0 Å². The Hall–Kier alpha value is -0.790. The Balaban J connectivity index is 1.84. The maximum Gasteiger partial charge on any atom is 0.327 e. The van der Waals surface area contributed by atoms with E-state index in [1.807, 2.05) is 6.92 Å². The van der Waals surface area contributed by atoms with Gasteiger partial charge in [0.2, 0.25) is 5.91 Å². The number of rotatable bonds is 4. The fourth-order valence-electron chi connectivity index (χ4n) is 1.79. The van der Waals surface area contributed by atoms with E-state index in [1.165, 1.54) is 16.7 Å². The summed E-state index contributed by atoms with van der Waals surface area (Å²) in [7, 11) is 0. The summed E-state index contributed by atoms with van der Waals surface area (Å²) < 4.78 is 5.51. The maximum atomic E-state index is 11.9. The number of nitrogens with zero attached hydrogens (tertiary/aromatic N) is 1. The number of carboxylic acids is 1. The van der Waals surface area contributed by atoms with Crippen LogP contribution in [-0.4, -0.2) is 64.9 Å². The molecule has 0 spiro atoms.